The van der Waals surface area contributed by atoms with E-state index in [-0.39, 0.29) is 5.91 Å². The molecule has 8 heteroatoms. The Morgan fingerprint density at radius 3 is 2.43 bits per heavy atom. The number of carbonyl (C=O) groups is 3. The van der Waals surface area contributed by atoms with E-state index < -0.39 is 0 Å². The summed E-state index contributed by atoms with van der Waals surface area (Å²) in [6.07, 6.45) is 15.6. The number of carbonyl (C=O) groups excluding carboxylic acids is 3. The number of benzene rings is 1. The monoisotopic (exact) mass is 518 g/mol. The zero-order valence-corrected chi connectivity index (χ0v) is 23.4. The quantitative estimate of drug-likeness (QED) is 0.135. The summed E-state index contributed by atoms with van der Waals surface area (Å²) < 4.78 is 0. The Morgan fingerprint density at radius 1 is 1.16 bits per heavy atom. The van der Waals surface area contributed by atoms with Crippen molar-refractivity contribution in [2.75, 3.05) is 31.3 Å². The van der Waals surface area contributed by atoms with Gasteiger partial charge in [-0.3, -0.25) is 14.4 Å². The fraction of sp³-hybridized carbons (Fsp3) is 0.621. The Labute approximate surface area is 223 Å². The van der Waals surface area contributed by atoms with Crippen molar-refractivity contribution in [3.63, 3.8) is 0 Å². The Hall–Kier alpha value is -2.71. The van der Waals surface area contributed by atoms with E-state index in [4.69, 9.17) is 10.8 Å². The molecule has 0 aromatic heterocycles. The van der Waals surface area contributed by atoms with Crippen LogP contribution in [-0.2, 0) is 14.4 Å². The molecule has 1 saturated carbocycles. The van der Waals surface area contributed by atoms with Crippen LogP contribution in [0.15, 0.2) is 24.3 Å². The van der Waals surface area contributed by atoms with Crippen molar-refractivity contribution < 1.29 is 19.5 Å². The maximum atomic E-state index is 11.8. The van der Waals surface area contributed by atoms with Gasteiger partial charge in [0, 0.05) is 43.6 Å². The number of hydrogen-bond acceptors (Lipinski definition) is 6. The molecular formula is C29H50N4O4. The van der Waals surface area contributed by atoms with Crippen molar-refractivity contribution in [3.05, 3.63) is 29.8 Å². The molecular weight excluding hydrogens is 468 g/mol. The molecule has 0 aliphatic heterocycles. The van der Waals surface area contributed by atoms with Gasteiger partial charge in [-0.2, -0.15) is 0 Å². The van der Waals surface area contributed by atoms with E-state index in [0.29, 0.717) is 18.9 Å². The van der Waals surface area contributed by atoms with Gasteiger partial charge in [0.2, 0.25) is 12.3 Å². The van der Waals surface area contributed by atoms with Crippen molar-refractivity contribution in [2.45, 2.75) is 90.5 Å². The topological polar surface area (TPSA) is 134 Å². The zero-order chi connectivity index (χ0) is 27.9. The van der Waals surface area contributed by atoms with Crippen molar-refractivity contribution in [1.29, 1.82) is 0 Å². The fourth-order valence-corrected chi connectivity index (χ4v) is 4.49. The smallest absolute Gasteiger partial charge is 0.220 e. The zero-order valence-electron chi connectivity index (χ0n) is 23.4. The average molecular weight is 519 g/mol. The molecule has 1 aromatic rings. The van der Waals surface area contributed by atoms with Gasteiger partial charge < -0.3 is 26.8 Å². The minimum Gasteiger partial charge on any atom is -0.400 e. The number of nitrogens with one attached hydrogen (secondary N) is 3. The van der Waals surface area contributed by atoms with Gasteiger partial charge in [0.25, 0.3) is 0 Å². The van der Waals surface area contributed by atoms with Crippen molar-refractivity contribution in [2.24, 2.45) is 11.7 Å². The number of anilines is 2. The lowest BCUT2D eigenvalue weighted by atomic mass is 9.86. The molecule has 0 saturated heterocycles. The third-order valence-electron chi connectivity index (χ3n) is 6.51. The molecule has 6 N–H and O–H groups in total. The maximum Gasteiger partial charge on any atom is 0.220 e. The SMILES string of the molecule is CC(CCCCN)NC(=O)CCC1CCCCC1.CC/C(=C/C=O)c1ccc(NC=O)cc1NC.CO. The summed E-state index contributed by atoms with van der Waals surface area (Å²) in [6.45, 7) is 4.84. The highest BCUT2D eigenvalue weighted by Crippen LogP contribution is 2.29. The molecule has 0 spiro atoms. The van der Waals surface area contributed by atoms with Crippen molar-refractivity contribution in [3.8, 4) is 0 Å². The number of hydrogen-bond donors (Lipinski definition) is 5. The summed E-state index contributed by atoms with van der Waals surface area (Å²) >= 11 is 0. The van der Waals surface area contributed by atoms with Crippen LogP contribution in [0, 0.1) is 5.92 Å². The van der Waals surface area contributed by atoms with E-state index in [2.05, 4.69) is 22.9 Å². The van der Waals surface area contributed by atoms with Crippen molar-refractivity contribution >= 4 is 35.6 Å². The van der Waals surface area contributed by atoms with Gasteiger partial charge in [-0.05, 0) is 68.9 Å². The molecule has 1 aliphatic carbocycles. The summed E-state index contributed by atoms with van der Waals surface area (Å²) in [5.74, 6) is 1.04. The van der Waals surface area contributed by atoms with Crippen LogP contribution in [0.1, 0.15) is 90.0 Å². The van der Waals surface area contributed by atoms with Crippen LogP contribution in [0.3, 0.4) is 0 Å². The first-order valence-corrected chi connectivity index (χ1v) is 13.6. The number of aliphatic hydroxyl groups is 1. The van der Waals surface area contributed by atoms with Gasteiger partial charge in [-0.25, -0.2) is 0 Å². The average Bonchev–Trinajstić information content (AvgIpc) is 2.93. The number of aldehydes is 1. The van der Waals surface area contributed by atoms with E-state index in [9.17, 15) is 14.4 Å². The molecule has 0 radical (unpaired) electrons. The number of rotatable bonds is 14. The van der Waals surface area contributed by atoms with Crippen LogP contribution in [0.25, 0.3) is 5.57 Å². The molecule has 1 atom stereocenters. The second-order valence-electron chi connectivity index (χ2n) is 9.25. The first-order chi connectivity index (χ1) is 18.0. The van der Waals surface area contributed by atoms with Gasteiger partial charge in [0.1, 0.15) is 6.29 Å². The summed E-state index contributed by atoms with van der Waals surface area (Å²) in [5.41, 5.74) is 8.99. The Bertz CT molecular complexity index is 792. The number of amides is 2. The van der Waals surface area contributed by atoms with E-state index in [1.807, 2.05) is 19.1 Å². The molecule has 2 rings (SSSR count). The van der Waals surface area contributed by atoms with E-state index >= 15 is 0 Å². The first kappa shape index (κ1) is 34.3. The van der Waals surface area contributed by atoms with Crippen molar-refractivity contribution in [1.82, 2.24) is 5.32 Å². The Balaban J connectivity index is 0.000000657. The van der Waals surface area contributed by atoms with Gasteiger partial charge in [0.05, 0.1) is 0 Å². The maximum absolute atomic E-state index is 11.8. The summed E-state index contributed by atoms with van der Waals surface area (Å²) in [6, 6.07) is 5.82. The van der Waals surface area contributed by atoms with Gasteiger partial charge in [-0.1, -0.05) is 51.5 Å². The van der Waals surface area contributed by atoms with Crippen LogP contribution in [0.5, 0.6) is 0 Å². The summed E-state index contributed by atoms with van der Waals surface area (Å²) in [4.78, 5) is 32.7. The normalized spacial score (nSPS) is 14.2. The molecule has 1 fully saturated rings. The molecule has 37 heavy (non-hydrogen) atoms. The molecule has 1 aromatic carbocycles. The summed E-state index contributed by atoms with van der Waals surface area (Å²) in [5, 5.41) is 15.7. The third-order valence-corrected chi connectivity index (χ3v) is 6.51. The van der Waals surface area contributed by atoms with E-state index in [0.717, 1.165) is 80.5 Å². The predicted octanol–water partition coefficient (Wildman–Crippen LogP) is 4.88. The Morgan fingerprint density at radius 2 is 1.86 bits per heavy atom. The number of unbranched alkanes of at least 4 members (excludes halogenated alkanes) is 1. The fourth-order valence-electron chi connectivity index (χ4n) is 4.49. The first-order valence-electron chi connectivity index (χ1n) is 13.6. The van der Waals surface area contributed by atoms with Crippen LogP contribution in [-0.4, -0.2) is 50.5 Å². The molecule has 210 valence electrons. The lowest BCUT2D eigenvalue weighted by Crippen LogP contribution is -2.32. The highest BCUT2D eigenvalue weighted by atomic mass is 16.2. The molecule has 8 nitrogen and oxygen atoms in total. The third kappa shape index (κ3) is 15.2. The second-order valence-corrected chi connectivity index (χ2v) is 9.25. The van der Waals surface area contributed by atoms with E-state index in [1.165, 1.54) is 32.1 Å². The largest absolute Gasteiger partial charge is 0.400 e. The van der Waals surface area contributed by atoms with Gasteiger partial charge >= 0.3 is 0 Å². The number of allylic oxidation sites excluding steroid dienone is 2. The predicted molar refractivity (Wildman–Crippen MR) is 154 cm³/mol. The van der Waals surface area contributed by atoms with Crippen LogP contribution in [0.2, 0.25) is 0 Å². The lowest BCUT2D eigenvalue weighted by Gasteiger charge is -2.21. The van der Waals surface area contributed by atoms with Crippen LogP contribution < -0.4 is 21.7 Å². The van der Waals surface area contributed by atoms with Gasteiger partial charge in [-0.15, -0.1) is 0 Å². The number of nitrogens with two attached hydrogens (primary N) is 1. The van der Waals surface area contributed by atoms with Gasteiger partial charge in [0.15, 0.2) is 0 Å². The lowest BCUT2D eigenvalue weighted by molar-refractivity contribution is -0.122. The molecule has 1 aliphatic rings. The molecule has 1 unspecified atom stereocenters. The highest BCUT2D eigenvalue weighted by Gasteiger charge is 2.15. The minimum atomic E-state index is 0.237. The van der Waals surface area contributed by atoms with E-state index in [1.54, 1.807) is 19.2 Å². The van der Waals surface area contributed by atoms with Crippen LogP contribution in [0.4, 0.5) is 11.4 Å². The molecule has 0 heterocycles. The second kappa shape index (κ2) is 22.5. The minimum absolute atomic E-state index is 0.237. The van der Waals surface area contributed by atoms with Crippen LogP contribution >= 0.6 is 0 Å². The Kier molecular flexibility index (Phi) is 20.8. The molecule has 0 bridgehead atoms. The number of aliphatic hydroxyl groups excluding tert-OH is 1. The summed E-state index contributed by atoms with van der Waals surface area (Å²) in [7, 11) is 2.80. The molecule has 2 amide bonds. The standard InChI is InChI=1S/C15H30N2O.C13H16N2O2.CH4O/c1-13(7-5-6-12-16)17-15(18)11-10-14-8-3-2-4-9-14;1-3-10(6-7-16)12-5-4-11(15-9-17)8-13(12)14-2;1-2/h13-14H,2-12,16H2,1H3,(H,17,18);4-9,14H,3H2,1-2H3,(H,15,17);2H,1H3/b;10-6-;. The highest BCUT2D eigenvalue weighted by molar-refractivity contribution is 5.87.